The van der Waals surface area contributed by atoms with Crippen molar-refractivity contribution in [1.29, 1.82) is 0 Å². The van der Waals surface area contributed by atoms with Gasteiger partial charge >= 0.3 is 0 Å². The fraction of sp³-hybridized carbons (Fsp3) is 0.321. The van der Waals surface area contributed by atoms with Gasteiger partial charge in [0.15, 0.2) is 0 Å². The highest BCUT2D eigenvalue weighted by molar-refractivity contribution is 5.94. The zero-order chi connectivity index (χ0) is 22.5. The van der Waals surface area contributed by atoms with Crippen molar-refractivity contribution in [3.63, 3.8) is 0 Å². The van der Waals surface area contributed by atoms with E-state index in [1.54, 1.807) is 0 Å². The average molecular weight is 430 g/mol. The first-order chi connectivity index (χ1) is 15.6. The maximum Gasteiger partial charge on any atom is 0.254 e. The Hall–Kier alpha value is -3.27. The topological polar surface area (TPSA) is 38.8 Å². The molecule has 4 nitrogen and oxygen atoms in total. The standard InChI is InChI=1S/C28H31NO3/c1-4-31-26-14-13-22(28(30)29-16-15-21-9-5-6-10-23(21)18-29)17-24(26)19-32-27-12-8-7-11-25(27)20(2)3/h5-14,17,20H,4,15-16,18-19H2,1-3H3. The van der Waals surface area contributed by atoms with Crippen LogP contribution in [0.25, 0.3) is 0 Å². The summed E-state index contributed by atoms with van der Waals surface area (Å²) in [5, 5.41) is 0. The maximum atomic E-state index is 13.3. The Bertz CT molecular complexity index is 1090. The van der Waals surface area contributed by atoms with E-state index in [2.05, 4.69) is 38.1 Å². The molecule has 0 fully saturated rings. The lowest BCUT2D eigenvalue weighted by Crippen LogP contribution is -2.36. The first kappa shape index (κ1) is 21.9. The van der Waals surface area contributed by atoms with E-state index in [1.165, 1.54) is 16.7 Å². The van der Waals surface area contributed by atoms with E-state index in [4.69, 9.17) is 9.47 Å². The fourth-order valence-electron chi connectivity index (χ4n) is 4.22. The van der Waals surface area contributed by atoms with Crippen molar-refractivity contribution < 1.29 is 14.3 Å². The van der Waals surface area contributed by atoms with Gasteiger partial charge in [0.25, 0.3) is 5.91 Å². The molecule has 0 saturated carbocycles. The lowest BCUT2D eigenvalue weighted by atomic mass is 9.99. The van der Waals surface area contributed by atoms with Crippen LogP contribution in [0.3, 0.4) is 0 Å². The molecular weight excluding hydrogens is 398 g/mol. The van der Waals surface area contributed by atoms with Gasteiger partial charge in [0.1, 0.15) is 18.1 Å². The summed E-state index contributed by atoms with van der Waals surface area (Å²) in [6.07, 6.45) is 0.890. The largest absolute Gasteiger partial charge is 0.493 e. The molecule has 0 aromatic heterocycles. The molecule has 0 spiro atoms. The van der Waals surface area contributed by atoms with Crippen LogP contribution in [0.5, 0.6) is 11.5 Å². The quantitative estimate of drug-likeness (QED) is 0.463. The van der Waals surface area contributed by atoms with Crippen LogP contribution in [0.4, 0.5) is 0 Å². The van der Waals surface area contributed by atoms with Crippen molar-refractivity contribution in [3.8, 4) is 11.5 Å². The molecule has 0 unspecified atom stereocenters. The zero-order valence-electron chi connectivity index (χ0n) is 19.1. The normalized spacial score (nSPS) is 13.1. The smallest absolute Gasteiger partial charge is 0.254 e. The van der Waals surface area contributed by atoms with E-state index >= 15 is 0 Å². The summed E-state index contributed by atoms with van der Waals surface area (Å²) in [6.45, 7) is 8.57. The number of ether oxygens (including phenoxy) is 2. The van der Waals surface area contributed by atoms with Crippen molar-refractivity contribution in [2.24, 2.45) is 0 Å². The summed E-state index contributed by atoms with van der Waals surface area (Å²) in [6, 6.07) is 22.1. The monoisotopic (exact) mass is 429 g/mol. The lowest BCUT2D eigenvalue weighted by molar-refractivity contribution is 0.0734. The Morgan fingerprint density at radius 3 is 2.47 bits per heavy atom. The Morgan fingerprint density at radius 2 is 1.69 bits per heavy atom. The zero-order valence-corrected chi connectivity index (χ0v) is 19.1. The molecule has 1 aliphatic rings. The third-order valence-corrected chi connectivity index (χ3v) is 5.95. The number of rotatable bonds is 7. The SMILES string of the molecule is CCOc1ccc(C(=O)N2CCc3ccccc3C2)cc1COc1ccccc1C(C)C. The summed E-state index contributed by atoms with van der Waals surface area (Å²) < 4.78 is 12.0. The molecule has 1 amide bonds. The molecule has 0 aliphatic carbocycles. The van der Waals surface area contributed by atoms with Gasteiger partial charge in [0.05, 0.1) is 6.61 Å². The Balaban J connectivity index is 1.55. The van der Waals surface area contributed by atoms with Gasteiger partial charge in [0.2, 0.25) is 0 Å². The highest BCUT2D eigenvalue weighted by atomic mass is 16.5. The van der Waals surface area contributed by atoms with Crippen LogP contribution in [0.1, 0.15) is 59.3 Å². The average Bonchev–Trinajstić information content (AvgIpc) is 2.83. The number of hydrogen-bond donors (Lipinski definition) is 0. The predicted octanol–water partition coefficient (Wildman–Crippen LogP) is 5.99. The molecule has 4 heteroatoms. The molecule has 0 radical (unpaired) electrons. The van der Waals surface area contributed by atoms with Gasteiger partial charge in [-0.2, -0.15) is 0 Å². The van der Waals surface area contributed by atoms with Crippen molar-refractivity contribution in [3.05, 3.63) is 94.5 Å². The molecule has 1 aliphatic heterocycles. The van der Waals surface area contributed by atoms with Crippen LogP contribution in [-0.2, 0) is 19.6 Å². The maximum absolute atomic E-state index is 13.3. The second-order valence-electron chi connectivity index (χ2n) is 8.48. The van der Waals surface area contributed by atoms with Crippen molar-refractivity contribution in [1.82, 2.24) is 4.90 Å². The van der Waals surface area contributed by atoms with Gasteiger partial charge in [-0.15, -0.1) is 0 Å². The Morgan fingerprint density at radius 1 is 0.938 bits per heavy atom. The van der Waals surface area contributed by atoms with Crippen LogP contribution in [-0.4, -0.2) is 24.0 Å². The van der Waals surface area contributed by atoms with E-state index in [1.807, 2.05) is 54.3 Å². The molecule has 166 valence electrons. The number of fused-ring (bicyclic) bond motifs is 1. The van der Waals surface area contributed by atoms with Crippen molar-refractivity contribution in [2.75, 3.05) is 13.2 Å². The second-order valence-corrected chi connectivity index (χ2v) is 8.48. The highest BCUT2D eigenvalue weighted by Gasteiger charge is 2.22. The molecule has 0 atom stereocenters. The summed E-state index contributed by atoms with van der Waals surface area (Å²) in [5.74, 6) is 2.04. The van der Waals surface area contributed by atoms with E-state index in [9.17, 15) is 4.79 Å². The second kappa shape index (κ2) is 9.90. The summed E-state index contributed by atoms with van der Waals surface area (Å²) in [4.78, 5) is 15.2. The Labute approximate surface area is 190 Å². The first-order valence-corrected chi connectivity index (χ1v) is 11.4. The van der Waals surface area contributed by atoms with Gasteiger partial charge in [-0.3, -0.25) is 4.79 Å². The molecule has 3 aromatic carbocycles. The van der Waals surface area contributed by atoms with Crippen molar-refractivity contribution >= 4 is 5.91 Å². The third-order valence-electron chi connectivity index (χ3n) is 5.95. The van der Waals surface area contributed by atoms with Gasteiger partial charge in [0, 0.05) is 24.2 Å². The minimum atomic E-state index is 0.0476. The number of amides is 1. The van der Waals surface area contributed by atoms with Crippen LogP contribution >= 0.6 is 0 Å². The third kappa shape index (κ3) is 4.80. The molecular formula is C28H31NO3. The Kier molecular flexibility index (Phi) is 6.79. The number of carbonyl (C=O) groups is 1. The lowest BCUT2D eigenvalue weighted by Gasteiger charge is -2.29. The van der Waals surface area contributed by atoms with Gasteiger partial charge in [-0.1, -0.05) is 56.3 Å². The molecule has 4 rings (SSSR count). The molecule has 1 heterocycles. The number of hydrogen-bond acceptors (Lipinski definition) is 3. The van der Waals surface area contributed by atoms with Crippen LogP contribution in [0.2, 0.25) is 0 Å². The molecule has 32 heavy (non-hydrogen) atoms. The summed E-state index contributed by atoms with van der Waals surface area (Å²) in [7, 11) is 0. The van der Waals surface area contributed by atoms with Crippen LogP contribution in [0, 0.1) is 0 Å². The molecule has 0 saturated heterocycles. The molecule has 0 bridgehead atoms. The first-order valence-electron chi connectivity index (χ1n) is 11.4. The molecule has 0 N–H and O–H groups in total. The minimum Gasteiger partial charge on any atom is -0.493 e. The van der Waals surface area contributed by atoms with Crippen molar-refractivity contribution in [2.45, 2.75) is 46.3 Å². The van der Waals surface area contributed by atoms with Gasteiger partial charge < -0.3 is 14.4 Å². The predicted molar refractivity (Wildman–Crippen MR) is 127 cm³/mol. The van der Waals surface area contributed by atoms with E-state index in [0.29, 0.717) is 31.2 Å². The number of nitrogens with zero attached hydrogens (tertiary/aromatic N) is 1. The minimum absolute atomic E-state index is 0.0476. The van der Waals surface area contributed by atoms with E-state index < -0.39 is 0 Å². The van der Waals surface area contributed by atoms with E-state index in [0.717, 1.165) is 30.0 Å². The van der Waals surface area contributed by atoms with Crippen LogP contribution < -0.4 is 9.47 Å². The highest BCUT2D eigenvalue weighted by Crippen LogP contribution is 2.29. The summed E-state index contributed by atoms with van der Waals surface area (Å²) in [5.41, 5.74) is 5.29. The number of benzene rings is 3. The van der Waals surface area contributed by atoms with Gasteiger partial charge in [-0.05, 0) is 60.2 Å². The number of para-hydroxylation sites is 1. The summed E-state index contributed by atoms with van der Waals surface area (Å²) >= 11 is 0. The van der Waals surface area contributed by atoms with E-state index in [-0.39, 0.29) is 5.91 Å². The number of carbonyl (C=O) groups excluding carboxylic acids is 1. The van der Waals surface area contributed by atoms with Crippen LogP contribution in [0.15, 0.2) is 66.7 Å². The van der Waals surface area contributed by atoms with Gasteiger partial charge in [-0.25, -0.2) is 0 Å². The molecule has 3 aromatic rings. The fourth-order valence-corrected chi connectivity index (χ4v) is 4.22.